The van der Waals surface area contributed by atoms with E-state index in [4.69, 9.17) is 20.1 Å². The lowest BCUT2D eigenvalue weighted by molar-refractivity contribution is -0.150. The minimum absolute atomic E-state index is 0.0170. The van der Waals surface area contributed by atoms with Gasteiger partial charge in [0.25, 0.3) is 0 Å². The maximum Gasteiger partial charge on any atom is 0.408 e. The Hall–Kier alpha value is -2.16. The number of nitrogens with one attached hydrogen (secondary N) is 1. The first-order valence-corrected chi connectivity index (χ1v) is 6.60. The fraction of sp³-hybridized carbons (Fsp3) is 0.429. The molecular weight excluding hydrogens is 294 g/mol. The number of aliphatic hydroxyl groups is 3. The van der Waals surface area contributed by atoms with E-state index in [9.17, 15) is 9.59 Å². The summed E-state index contributed by atoms with van der Waals surface area (Å²) in [6, 6.07) is 7.62. The highest BCUT2D eigenvalue weighted by Gasteiger charge is 2.23. The van der Waals surface area contributed by atoms with E-state index in [0.29, 0.717) is 0 Å². The Kier molecular flexibility index (Phi) is 7.90. The topological polar surface area (TPSA) is 125 Å². The predicted molar refractivity (Wildman–Crippen MR) is 74.7 cm³/mol. The van der Waals surface area contributed by atoms with Crippen LogP contribution in [0.25, 0.3) is 0 Å². The fourth-order valence-corrected chi connectivity index (χ4v) is 1.42. The Morgan fingerprint density at radius 1 is 1.09 bits per heavy atom. The molecule has 8 heteroatoms. The number of benzene rings is 1. The number of rotatable bonds is 8. The molecule has 8 nitrogen and oxygen atoms in total. The molecule has 1 rings (SSSR count). The first-order chi connectivity index (χ1) is 10.6. The average Bonchev–Trinajstić information content (AvgIpc) is 2.56. The van der Waals surface area contributed by atoms with Gasteiger partial charge in [0.1, 0.15) is 19.3 Å². The molecule has 0 fully saturated rings. The number of carbonyl (C=O) groups excluding carboxylic acids is 2. The molecule has 4 N–H and O–H groups in total. The number of alkyl carbamates (subject to hydrolysis) is 1. The molecular formula is C14H19NO7. The van der Waals surface area contributed by atoms with Crippen LogP contribution in [-0.4, -0.2) is 59.3 Å². The monoisotopic (exact) mass is 313 g/mol. The van der Waals surface area contributed by atoms with Crippen molar-refractivity contribution in [1.29, 1.82) is 0 Å². The van der Waals surface area contributed by atoms with Crippen LogP contribution >= 0.6 is 0 Å². The van der Waals surface area contributed by atoms with Crippen LogP contribution in [0.4, 0.5) is 4.79 Å². The summed E-state index contributed by atoms with van der Waals surface area (Å²) in [4.78, 5) is 23.1. The number of hydrogen-bond donors (Lipinski definition) is 4. The maximum absolute atomic E-state index is 11.6. The molecule has 1 amide bonds. The molecule has 0 radical (unpaired) electrons. The zero-order chi connectivity index (χ0) is 16.4. The van der Waals surface area contributed by atoms with Crippen LogP contribution in [0.2, 0.25) is 0 Å². The summed E-state index contributed by atoms with van der Waals surface area (Å²) < 4.78 is 9.53. The fourth-order valence-electron chi connectivity index (χ4n) is 1.42. The van der Waals surface area contributed by atoms with Crippen molar-refractivity contribution in [2.75, 3.05) is 19.8 Å². The average molecular weight is 313 g/mol. The normalized spacial score (nSPS) is 13.0. The van der Waals surface area contributed by atoms with E-state index in [1.54, 1.807) is 24.3 Å². The van der Waals surface area contributed by atoms with E-state index in [2.05, 4.69) is 10.1 Å². The summed E-state index contributed by atoms with van der Waals surface area (Å²) >= 11 is 0. The van der Waals surface area contributed by atoms with Gasteiger partial charge in [-0.05, 0) is 5.56 Å². The van der Waals surface area contributed by atoms with Crippen molar-refractivity contribution in [3.8, 4) is 0 Å². The number of esters is 1. The lowest BCUT2D eigenvalue weighted by Crippen LogP contribution is -2.45. The second-order valence-corrected chi connectivity index (χ2v) is 4.41. The van der Waals surface area contributed by atoms with E-state index in [1.807, 2.05) is 6.07 Å². The van der Waals surface area contributed by atoms with Gasteiger partial charge in [0.05, 0.1) is 13.2 Å². The number of hydrogen-bond acceptors (Lipinski definition) is 7. The molecule has 0 heterocycles. The molecule has 2 atom stereocenters. The minimum Gasteiger partial charge on any atom is -0.461 e. The number of amides is 1. The quantitative estimate of drug-likeness (QED) is 0.462. The van der Waals surface area contributed by atoms with E-state index >= 15 is 0 Å². The van der Waals surface area contributed by atoms with Crippen molar-refractivity contribution >= 4 is 12.1 Å². The second kappa shape index (κ2) is 9.72. The Morgan fingerprint density at radius 3 is 2.36 bits per heavy atom. The van der Waals surface area contributed by atoms with E-state index in [-0.39, 0.29) is 6.61 Å². The highest BCUT2D eigenvalue weighted by Crippen LogP contribution is 2.01. The number of carbonyl (C=O) groups is 2. The molecule has 1 unspecified atom stereocenters. The van der Waals surface area contributed by atoms with Gasteiger partial charge in [0.2, 0.25) is 0 Å². The molecule has 0 aliphatic carbocycles. The van der Waals surface area contributed by atoms with Crippen LogP contribution in [-0.2, 0) is 20.9 Å². The first-order valence-electron chi connectivity index (χ1n) is 6.60. The first kappa shape index (κ1) is 17.9. The molecule has 22 heavy (non-hydrogen) atoms. The summed E-state index contributed by atoms with van der Waals surface area (Å²) in [5.41, 5.74) is 0.770. The smallest absolute Gasteiger partial charge is 0.408 e. The SMILES string of the molecule is O=C(N[C@@H](CO)C(=O)OCC(O)CO)OCc1ccccc1. The third-order valence-electron chi connectivity index (χ3n) is 2.60. The number of ether oxygens (including phenoxy) is 2. The summed E-state index contributed by atoms with van der Waals surface area (Å²) in [6.07, 6.45) is -2.10. The van der Waals surface area contributed by atoms with Gasteiger partial charge in [-0.25, -0.2) is 9.59 Å². The molecule has 1 aromatic carbocycles. The lowest BCUT2D eigenvalue weighted by atomic mass is 10.2. The third kappa shape index (κ3) is 6.53. The van der Waals surface area contributed by atoms with Gasteiger partial charge in [-0.1, -0.05) is 30.3 Å². The second-order valence-electron chi connectivity index (χ2n) is 4.41. The van der Waals surface area contributed by atoms with Gasteiger partial charge in [0, 0.05) is 0 Å². The van der Waals surface area contributed by atoms with Gasteiger partial charge in [-0.3, -0.25) is 0 Å². The summed E-state index contributed by atoms with van der Waals surface area (Å²) in [6.45, 7) is -1.67. The van der Waals surface area contributed by atoms with Crippen LogP contribution in [0.1, 0.15) is 5.56 Å². The molecule has 0 saturated carbocycles. The summed E-state index contributed by atoms with van der Waals surface area (Å²) in [5.74, 6) is -0.938. The predicted octanol–water partition coefficient (Wildman–Crippen LogP) is -0.830. The van der Waals surface area contributed by atoms with Gasteiger partial charge in [0.15, 0.2) is 6.04 Å². The molecule has 0 aromatic heterocycles. The van der Waals surface area contributed by atoms with Crippen molar-refractivity contribution in [3.05, 3.63) is 35.9 Å². The summed E-state index contributed by atoms with van der Waals surface area (Å²) in [5, 5.41) is 28.9. The lowest BCUT2D eigenvalue weighted by Gasteiger charge is -2.16. The van der Waals surface area contributed by atoms with Crippen LogP contribution in [0, 0.1) is 0 Å². The van der Waals surface area contributed by atoms with Gasteiger partial charge >= 0.3 is 12.1 Å². The van der Waals surface area contributed by atoms with Gasteiger partial charge in [-0.2, -0.15) is 0 Å². The van der Waals surface area contributed by atoms with Crippen LogP contribution in [0.15, 0.2) is 30.3 Å². The van der Waals surface area contributed by atoms with Crippen molar-refractivity contribution in [2.24, 2.45) is 0 Å². The number of aliphatic hydroxyl groups excluding tert-OH is 3. The van der Waals surface area contributed by atoms with Crippen molar-refractivity contribution in [3.63, 3.8) is 0 Å². The van der Waals surface area contributed by atoms with Crippen molar-refractivity contribution in [2.45, 2.75) is 18.8 Å². The molecule has 0 spiro atoms. The van der Waals surface area contributed by atoms with Crippen molar-refractivity contribution < 1.29 is 34.4 Å². The third-order valence-corrected chi connectivity index (χ3v) is 2.60. The van der Waals surface area contributed by atoms with Crippen LogP contribution in [0.5, 0.6) is 0 Å². The van der Waals surface area contributed by atoms with E-state index < -0.39 is 44.0 Å². The van der Waals surface area contributed by atoms with Gasteiger partial charge < -0.3 is 30.1 Å². The highest BCUT2D eigenvalue weighted by molar-refractivity contribution is 5.81. The zero-order valence-electron chi connectivity index (χ0n) is 11.8. The summed E-state index contributed by atoms with van der Waals surface area (Å²) in [7, 11) is 0. The van der Waals surface area contributed by atoms with Gasteiger partial charge in [-0.15, -0.1) is 0 Å². The zero-order valence-corrected chi connectivity index (χ0v) is 11.8. The Bertz CT molecular complexity index is 466. The standard InChI is InChI=1S/C14H19NO7/c16-6-11(18)9-21-13(19)12(7-17)15-14(20)22-8-10-4-2-1-3-5-10/h1-5,11-12,16-18H,6-9H2,(H,15,20)/t11?,12-/m0/s1. The Morgan fingerprint density at radius 2 is 1.77 bits per heavy atom. The van der Waals surface area contributed by atoms with Crippen molar-refractivity contribution in [1.82, 2.24) is 5.32 Å². The molecule has 1 aromatic rings. The van der Waals surface area contributed by atoms with E-state index in [1.165, 1.54) is 0 Å². The molecule has 0 saturated heterocycles. The Balaban J connectivity index is 2.37. The van der Waals surface area contributed by atoms with Crippen LogP contribution < -0.4 is 5.32 Å². The molecule has 0 bridgehead atoms. The molecule has 0 aliphatic heterocycles. The largest absolute Gasteiger partial charge is 0.461 e. The maximum atomic E-state index is 11.6. The highest BCUT2D eigenvalue weighted by atomic mass is 16.6. The van der Waals surface area contributed by atoms with Crippen LogP contribution in [0.3, 0.4) is 0 Å². The minimum atomic E-state index is -1.31. The molecule has 0 aliphatic rings. The Labute approximate surface area is 127 Å². The molecule has 122 valence electrons. The van der Waals surface area contributed by atoms with E-state index in [0.717, 1.165) is 5.56 Å².